The van der Waals surface area contributed by atoms with Gasteiger partial charge in [-0.15, -0.1) is 0 Å². The number of hydrogen-bond acceptors (Lipinski definition) is 4. The van der Waals surface area contributed by atoms with Gasteiger partial charge in [-0.3, -0.25) is 9.59 Å². The van der Waals surface area contributed by atoms with E-state index in [4.69, 9.17) is 16.3 Å². The summed E-state index contributed by atoms with van der Waals surface area (Å²) in [4.78, 5) is 24.2. The molecule has 0 radical (unpaired) electrons. The zero-order valence-corrected chi connectivity index (χ0v) is 15.5. The minimum absolute atomic E-state index is 0.193. The van der Waals surface area contributed by atoms with E-state index in [1.54, 1.807) is 50.2 Å². The molecule has 0 saturated heterocycles. The zero-order chi connectivity index (χ0) is 18.8. The summed E-state index contributed by atoms with van der Waals surface area (Å²) in [6.45, 7) is 5.30. The molecule has 0 spiro atoms. The lowest BCUT2D eigenvalue weighted by Crippen LogP contribution is -2.34. The van der Waals surface area contributed by atoms with Gasteiger partial charge in [0.25, 0.3) is 5.91 Å². The molecule has 2 amide bonds. The molecule has 1 aliphatic heterocycles. The Bertz CT molecular complexity index is 869. The van der Waals surface area contributed by atoms with Gasteiger partial charge < -0.3 is 20.7 Å². The summed E-state index contributed by atoms with van der Waals surface area (Å²) in [6.07, 6.45) is -0.521. The highest BCUT2D eigenvalue weighted by molar-refractivity contribution is 6.31. The van der Waals surface area contributed by atoms with Crippen LogP contribution in [-0.2, 0) is 9.59 Å². The predicted molar refractivity (Wildman–Crippen MR) is 103 cm³/mol. The van der Waals surface area contributed by atoms with Gasteiger partial charge >= 0.3 is 0 Å². The summed E-state index contributed by atoms with van der Waals surface area (Å²) >= 11 is 6.08. The van der Waals surface area contributed by atoms with Crippen LogP contribution in [0.25, 0.3) is 0 Å². The van der Waals surface area contributed by atoms with E-state index in [0.717, 1.165) is 5.56 Å². The van der Waals surface area contributed by atoms with Gasteiger partial charge in [-0.2, -0.15) is 0 Å². The number of hydrogen-bond donors (Lipinski definition) is 3. The quantitative estimate of drug-likeness (QED) is 0.761. The molecule has 26 heavy (non-hydrogen) atoms. The number of ether oxygens (including phenoxy) is 1. The summed E-state index contributed by atoms with van der Waals surface area (Å²) in [5.74, 6) is 0.216. The van der Waals surface area contributed by atoms with Crippen molar-refractivity contribution in [1.29, 1.82) is 0 Å². The molecule has 3 N–H and O–H groups in total. The standard InChI is InChI=1S/C19H20ClN3O3/c1-10-14(20)5-4-6-15(10)22-18(24)11(2)21-13-7-8-17-16(9-13)23-19(25)12(3)26-17/h4-9,11-12,21H,1-3H3,(H,22,24)(H,23,25). The van der Waals surface area contributed by atoms with E-state index in [1.165, 1.54) is 0 Å². The number of carbonyl (C=O) groups is 2. The number of benzene rings is 2. The van der Waals surface area contributed by atoms with Crippen LogP contribution in [0.1, 0.15) is 19.4 Å². The predicted octanol–water partition coefficient (Wildman–Crippen LogP) is 3.81. The molecule has 1 heterocycles. The van der Waals surface area contributed by atoms with Crippen molar-refractivity contribution >= 4 is 40.5 Å². The average Bonchev–Trinajstić information content (AvgIpc) is 2.60. The van der Waals surface area contributed by atoms with Crippen LogP contribution in [0.5, 0.6) is 5.75 Å². The third-order valence-corrected chi connectivity index (χ3v) is 4.62. The second-order valence-corrected chi connectivity index (χ2v) is 6.64. The van der Waals surface area contributed by atoms with Crippen molar-refractivity contribution in [2.45, 2.75) is 32.9 Å². The Balaban J connectivity index is 1.69. The fourth-order valence-electron chi connectivity index (χ4n) is 2.60. The molecule has 136 valence electrons. The van der Waals surface area contributed by atoms with Gasteiger partial charge in [-0.25, -0.2) is 0 Å². The maximum atomic E-state index is 12.5. The van der Waals surface area contributed by atoms with Gasteiger partial charge in [0.1, 0.15) is 11.8 Å². The lowest BCUT2D eigenvalue weighted by Gasteiger charge is -2.24. The molecule has 2 aromatic carbocycles. The van der Waals surface area contributed by atoms with Crippen LogP contribution in [0.4, 0.5) is 17.1 Å². The van der Waals surface area contributed by atoms with Crippen LogP contribution in [0.15, 0.2) is 36.4 Å². The second-order valence-electron chi connectivity index (χ2n) is 6.23. The van der Waals surface area contributed by atoms with Gasteiger partial charge in [0.15, 0.2) is 6.10 Å². The number of halogens is 1. The van der Waals surface area contributed by atoms with Crippen molar-refractivity contribution < 1.29 is 14.3 Å². The number of fused-ring (bicyclic) bond motifs is 1. The average molecular weight is 374 g/mol. The number of anilines is 3. The summed E-state index contributed by atoms with van der Waals surface area (Å²) < 4.78 is 5.52. The van der Waals surface area contributed by atoms with E-state index < -0.39 is 12.1 Å². The lowest BCUT2D eigenvalue weighted by molar-refractivity contribution is -0.122. The van der Waals surface area contributed by atoms with E-state index >= 15 is 0 Å². The smallest absolute Gasteiger partial charge is 0.265 e. The van der Waals surface area contributed by atoms with Crippen molar-refractivity contribution in [1.82, 2.24) is 0 Å². The summed E-state index contributed by atoms with van der Waals surface area (Å²) in [7, 11) is 0. The largest absolute Gasteiger partial charge is 0.479 e. The molecule has 0 saturated carbocycles. The van der Waals surface area contributed by atoms with Crippen molar-refractivity contribution in [3.05, 3.63) is 47.0 Å². The van der Waals surface area contributed by atoms with E-state index in [9.17, 15) is 9.59 Å². The first kappa shape index (κ1) is 18.1. The third-order valence-electron chi connectivity index (χ3n) is 4.21. The first-order chi connectivity index (χ1) is 12.3. The Morgan fingerprint density at radius 2 is 2.08 bits per heavy atom. The lowest BCUT2D eigenvalue weighted by atomic mass is 10.1. The Kier molecular flexibility index (Phi) is 5.04. The highest BCUT2D eigenvalue weighted by Crippen LogP contribution is 2.32. The highest BCUT2D eigenvalue weighted by atomic mass is 35.5. The molecule has 7 heteroatoms. The topological polar surface area (TPSA) is 79.5 Å². The van der Waals surface area contributed by atoms with Crippen molar-refractivity contribution in [3.63, 3.8) is 0 Å². The third kappa shape index (κ3) is 3.75. The molecule has 2 unspecified atom stereocenters. The SMILES string of the molecule is Cc1c(Cl)cccc1NC(=O)C(C)Nc1ccc2c(c1)NC(=O)C(C)O2. The fourth-order valence-corrected chi connectivity index (χ4v) is 2.77. The number of carbonyl (C=O) groups excluding carboxylic acids is 2. The zero-order valence-electron chi connectivity index (χ0n) is 14.7. The minimum Gasteiger partial charge on any atom is -0.479 e. The Hall–Kier alpha value is -2.73. The van der Waals surface area contributed by atoms with Gasteiger partial charge in [0, 0.05) is 16.4 Å². The van der Waals surface area contributed by atoms with Crippen LogP contribution in [0.3, 0.4) is 0 Å². The van der Waals surface area contributed by atoms with Gasteiger partial charge in [-0.05, 0) is 56.7 Å². The van der Waals surface area contributed by atoms with E-state index in [1.807, 2.05) is 6.92 Å². The summed E-state index contributed by atoms with van der Waals surface area (Å²) in [6, 6.07) is 10.2. The molecule has 0 fully saturated rings. The van der Waals surface area contributed by atoms with Gasteiger partial charge in [0.2, 0.25) is 5.91 Å². The van der Waals surface area contributed by atoms with Crippen LogP contribution >= 0.6 is 11.6 Å². The Morgan fingerprint density at radius 1 is 1.31 bits per heavy atom. The minimum atomic E-state index is -0.521. The van der Waals surface area contributed by atoms with Crippen LogP contribution in [-0.4, -0.2) is 24.0 Å². The molecule has 2 atom stereocenters. The van der Waals surface area contributed by atoms with Crippen LogP contribution < -0.4 is 20.7 Å². The van der Waals surface area contributed by atoms with E-state index in [0.29, 0.717) is 27.8 Å². The second kappa shape index (κ2) is 7.25. The number of amides is 2. The van der Waals surface area contributed by atoms with E-state index in [-0.39, 0.29) is 11.8 Å². The molecule has 1 aliphatic rings. The van der Waals surface area contributed by atoms with Crippen LogP contribution in [0.2, 0.25) is 5.02 Å². The van der Waals surface area contributed by atoms with Crippen molar-refractivity contribution in [2.24, 2.45) is 0 Å². The number of rotatable bonds is 4. The monoisotopic (exact) mass is 373 g/mol. The van der Waals surface area contributed by atoms with Gasteiger partial charge in [-0.1, -0.05) is 17.7 Å². The Morgan fingerprint density at radius 3 is 2.85 bits per heavy atom. The molecular formula is C19H20ClN3O3. The summed E-state index contributed by atoms with van der Waals surface area (Å²) in [5, 5.41) is 9.37. The first-order valence-corrected chi connectivity index (χ1v) is 8.67. The molecule has 2 aromatic rings. The Labute approximate surface area is 156 Å². The fraction of sp³-hybridized carbons (Fsp3) is 0.263. The van der Waals surface area contributed by atoms with Gasteiger partial charge in [0.05, 0.1) is 5.69 Å². The van der Waals surface area contributed by atoms with Crippen LogP contribution in [0, 0.1) is 6.92 Å². The highest BCUT2D eigenvalue weighted by Gasteiger charge is 2.24. The molecule has 0 aliphatic carbocycles. The molecular weight excluding hydrogens is 354 g/mol. The van der Waals surface area contributed by atoms with Crippen molar-refractivity contribution in [3.8, 4) is 5.75 Å². The molecule has 0 aromatic heterocycles. The maximum absolute atomic E-state index is 12.5. The number of nitrogens with one attached hydrogen (secondary N) is 3. The normalized spacial score (nSPS) is 16.8. The summed E-state index contributed by atoms with van der Waals surface area (Å²) in [5.41, 5.74) is 2.78. The van der Waals surface area contributed by atoms with E-state index in [2.05, 4.69) is 16.0 Å². The molecule has 3 rings (SSSR count). The first-order valence-electron chi connectivity index (χ1n) is 8.29. The maximum Gasteiger partial charge on any atom is 0.265 e. The van der Waals surface area contributed by atoms with Crippen molar-refractivity contribution in [2.75, 3.05) is 16.0 Å². The molecule has 6 nitrogen and oxygen atoms in total. The molecule has 0 bridgehead atoms.